The SMILES string of the molecule is COc1cc2c(cc1OC)C(c1ccc(N)cc1)=CN(C(N)=O)C(C)C2. The molecule has 1 heterocycles. The number of fused-ring (bicyclic) bond motifs is 1. The minimum atomic E-state index is -0.489. The summed E-state index contributed by atoms with van der Waals surface area (Å²) in [4.78, 5) is 13.5. The fourth-order valence-corrected chi connectivity index (χ4v) is 3.27. The summed E-state index contributed by atoms with van der Waals surface area (Å²) in [6.45, 7) is 1.97. The van der Waals surface area contributed by atoms with Crippen molar-refractivity contribution in [2.45, 2.75) is 19.4 Å². The van der Waals surface area contributed by atoms with Crippen LogP contribution < -0.4 is 20.9 Å². The number of hydrogen-bond acceptors (Lipinski definition) is 4. The second-order valence-electron chi connectivity index (χ2n) is 6.33. The first-order chi connectivity index (χ1) is 12.4. The molecule has 0 radical (unpaired) electrons. The molecule has 136 valence electrons. The summed E-state index contributed by atoms with van der Waals surface area (Å²) >= 11 is 0. The van der Waals surface area contributed by atoms with Gasteiger partial charge in [-0.15, -0.1) is 0 Å². The molecule has 0 bridgehead atoms. The molecule has 0 saturated heterocycles. The van der Waals surface area contributed by atoms with E-state index in [0.717, 1.165) is 22.3 Å². The van der Waals surface area contributed by atoms with Gasteiger partial charge in [-0.3, -0.25) is 4.90 Å². The number of carbonyl (C=O) groups is 1. The molecule has 2 aromatic carbocycles. The number of primary amides is 1. The van der Waals surface area contributed by atoms with E-state index in [1.165, 1.54) is 0 Å². The van der Waals surface area contributed by atoms with E-state index >= 15 is 0 Å². The number of carbonyl (C=O) groups excluding carboxylic acids is 1. The normalized spacial score (nSPS) is 16.3. The number of rotatable bonds is 3. The van der Waals surface area contributed by atoms with Crippen LogP contribution in [0.3, 0.4) is 0 Å². The predicted molar refractivity (Wildman–Crippen MR) is 102 cm³/mol. The predicted octanol–water partition coefficient (Wildman–Crippen LogP) is 3.00. The van der Waals surface area contributed by atoms with E-state index in [1.807, 2.05) is 43.3 Å². The van der Waals surface area contributed by atoms with Gasteiger partial charge in [-0.1, -0.05) is 12.1 Å². The average Bonchev–Trinajstić information content (AvgIpc) is 2.77. The van der Waals surface area contributed by atoms with Crippen LogP contribution in [0.4, 0.5) is 10.5 Å². The quantitative estimate of drug-likeness (QED) is 0.830. The molecule has 4 N–H and O–H groups in total. The van der Waals surface area contributed by atoms with E-state index in [-0.39, 0.29) is 6.04 Å². The zero-order chi connectivity index (χ0) is 18.8. The van der Waals surface area contributed by atoms with Crippen LogP contribution in [0.25, 0.3) is 5.57 Å². The summed E-state index contributed by atoms with van der Waals surface area (Å²) in [5.41, 5.74) is 16.0. The number of urea groups is 1. The fourth-order valence-electron chi connectivity index (χ4n) is 3.27. The van der Waals surface area contributed by atoms with Crippen LogP contribution in [0, 0.1) is 0 Å². The molecule has 0 saturated carbocycles. The van der Waals surface area contributed by atoms with Crippen LogP contribution in [-0.2, 0) is 6.42 Å². The number of nitrogen functional groups attached to an aromatic ring is 1. The molecule has 6 nitrogen and oxygen atoms in total. The lowest BCUT2D eigenvalue weighted by Crippen LogP contribution is -2.38. The first-order valence-corrected chi connectivity index (χ1v) is 8.35. The highest BCUT2D eigenvalue weighted by molar-refractivity contribution is 5.86. The summed E-state index contributed by atoms with van der Waals surface area (Å²) in [6.07, 6.45) is 2.45. The van der Waals surface area contributed by atoms with Gasteiger partial charge in [-0.05, 0) is 54.3 Å². The van der Waals surface area contributed by atoms with Gasteiger partial charge in [0.2, 0.25) is 0 Å². The van der Waals surface area contributed by atoms with Crippen LogP contribution >= 0.6 is 0 Å². The Morgan fingerprint density at radius 1 is 1.12 bits per heavy atom. The van der Waals surface area contributed by atoms with Crippen molar-refractivity contribution in [3.8, 4) is 11.5 Å². The first kappa shape index (κ1) is 17.7. The Morgan fingerprint density at radius 2 is 1.73 bits per heavy atom. The van der Waals surface area contributed by atoms with Crippen molar-refractivity contribution in [1.29, 1.82) is 0 Å². The van der Waals surface area contributed by atoms with E-state index in [4.69, 9.17) is 20.9 Å². The monoisotopic (exact) mass is 353 g/mol. The molecule has 0 fully saturated rings. The van der Waals surface area contributed by atoms with Crippen LogP contribution in [0.5, 0.6) is 11.5 Å². The Bertz CT molecular complexity index is 859. The van der Waals surface area contributed by atoms with Crippen molar-refractivity contribution in [1.82, 2.24) is 4.90 Å². The molecule has 2 aromatic rings. The van der Waals surface area contributed by atoms with Crippen LogP contribution in [0.15, 0.2) is 42.6 Å². The Labute approximate surface area is 153 Å². The largest absolute Gasteiger partial charge is 0.493 e. The third kappa shape index (κ3) is 3.18. The Hall–Kier alpha value is -3.15. The van der Waals surface area contributed by atoms with Crippen molar-refractivity contribution in [3.63, 3.8) is 0 Å². The van der Waals surface area contributed by atoms with Crippen LogP contribution in [0.2, 0.25) is 0 Å². The van der Waals surface area contributed by atoms with Crippen molar-refractivity contribution in [3.05, 3.63) is 59.3 Å². The van der Waals surface area contributed by atoms with Gasteiger partial charge in [-0.25, -0.2) is 4.79 Å². The molecule has 0 spiro atoms. The number of hydrogen-bond donors (Lipinski definition) is 2. The zero-order valence-electron chi connectivity index (χ0n) is 15.2. The molecule has 0 aliphatic carbocycles. The topological polar surface area (TPSA) is 90.8 Å². The standard InChI is InChI=1S/C20H23N3O3/c1-12-8-14-9-18(25-2)19(26-3)10-16(14)17(11-23(12)20(22)24)13-4-6-15(21)7-5-13/h4-7,9-12H,8,21H2,1-3H3,(H2,22,24). The van der Waals surface area contributed by atoms with Crippen LogP contribution in [-0.4, -0.2) is 31.2 Å². The molecule has 3 rings (SSSR count). The summed E-state index contributed by atoms with van der Waals surface area (Å²) in [6, 6.07) is 10.8. The number of nitrogens with two attached hydrogens (primary N) is 2. The third-order valence-electron chi connectivity index (χ3n) is 4.63. The van der Waals surface area contributed by atoms with Gasteiger partial charge in [0, 0.05) is 23.5 Å². The molecule has 0 aromatic heterocycles. The molecule has 6 heteroatoms. The lowest BCUT2D eigenvalue weighted by molar-refractivity contribution is 0.213. The minimum absolute atomic E-state index is 0.0874. The van der Waals surface area contributed by atoms with Crippen molar-refractivity contribution in [2.75, 3.05) is 20.0 Å². The van der Waals surface area contributed by atoms with E-state index in [2.05, 4.69) is 0 Å². The minimum Gasteiger partial charge on any atom is -0.493 e. The smallest absolute Gasteiger partial charge is 0.319 e. The fraction of sp³-hybridized carbons (Fsp3) is 0.250. The number of ether oxygens (including phenoxy) is 2. The highest BCUT2D eigenvalue weighted by atomic mass is 16.5. The average molecular weight is 353 g/mol. The lowest BCUT2D eigenvalue weighted by Gasteiger charge is -2.22. The number of methoxy groups -OCH3 is 2. The zero-order valence-corrected chi connectivity index (χ0v) is 15.2. The van der Waals surface area contributed by atoms with Gasteiger partial charge in [0.05, 0.1) is 14.2 Å². The molecule has 1 aliphatic heterocycles. The van der Waals surface area contributed by atoms with Crippen molar-refractivity contribution < 1.29 is 14.3 Å². The molecule has 26 heavy (non-hydrogen) atoms. The van der Waals surface area contributed by atoms with E-state index in [1.54, 1.807) is 25.3 Å². The van der Waals surface area contributed by atoms with E-state index in [9.17, 15) is 4.79 Å². The highest BCUT2D eigenvalue weighted by Gasteiger charge is 2.26. The molecular weight excluding hydrogens is 330 g/mol. The summed E-state index contributed by atoms with van der Waals surface area (Å²) < 4.78 is 10.9. The van der Waals surface area contributed by atoms with Gasteiger partial charge in [0.1, 0.15) is 0 Å². The van der Waals surface area contributed by atoms with Gasteiger partial charge in [0.15, 0.2) is 11.5 Å². The van der Waals surface area contributed by atoms with Crippen LogP contribution in [0.1, 0.15) is 23.6 Å². The van der Waals surface area contributed by atoms with E-state index in [0.29, 0.717) is 23.6 Å². The molecular formula is C20H23N3O3. The maximum absolute atomic E-state index is 12.0. The molecule has 1 aliphatic rings. The number of amides is 2. The summed E-state index contributed by atoms with van der Waals surface area (Å²) in [5, 5.41) is 0. The van der Waals surface area contributed by atoms with Gasteiger partial charge in [-0.2, -0.15) is 0 Å². The van der Waals surface area contributed by atoms with Gasteiger partial charge >= 0.3 is 6.03 Å². The summed E-state index contributed by atoms with van der Waals surface area (Å²) in [5.74, 6) is 1.29. The highest BCUT2D eigenvalue weighted by Crippen LogP contribution is 2.38. The summed E-state index contributed by atoms with van der Waals surface area (Å²) in [7, 11) is 3.21. The lowest BCUT2D eigenvalue weighted by atomic mass is 9.92. The van der Waals surface area contributed by atoms with Crippen molar-refractivity contribution in [2.24, 2.45) is 5.73 Å². The Morgan fingerprint density at radius 3 is 2.31 bits per heavy atom. The third-order valence-corrected chi connectivity index (χ3v) is 4.63. The van der Waals surface area contributed by atoms with E-state index < -0.39 is 6.03 Å². The molecule has 1 unspecified atom stereocenters. The maximum Gasteiger partial charge on any atom is 0.319 e. The number of nitrogens with zero attached hydrogens (tertiary/aromatic N) is 1. The molecule has 2 amide bonds. The van der Waals surface area contributed by atoms with Gasteiger partial charge < -0.3 is 20.9 Å². The molecule has 1 atom stereocenters. The number of anilines is 1. The van der Waals surface area contributed by atoms with Crippen molar-refractivity contribution >= 4 is 17.3 Å². The van der Waals surface area contributed by atoms with Gasteiger partial charge in [0.25, 0.3) is 0 Å². The maximum atomic E-state index is 12.0. The Balaban J connectivity index is 2.25. The first-order valence-electron chi connectivity index (χ1n) is 8.35. The number of benzene rings is 2. The Kier molecular flexibility index (Phi) is 4.75. The second-order valence-corrected chi connectivity index (χ2v) is 6.33. The second kappa shape index (κ2) is 7.00.